The first-order valence-electron chi connectivity index (χ1n) is 5.69. The Morgan fingerprint density at radius 2 is 2.33 bits per heavy atom. The van der Waals surface area contributed by atoms with E-state index in [0.29, 0.717) is 6.04 Å². The van der Waals surface area contributed by atoms with E-state index in [-0.39, 0.29) is 0 Å². The highest BCUT2D eigenvalue weighted by Gasteiger charge is 2.08. The summed E-state index contributed by atoms with van der Waals surface area (Å²) in [7, 11) is 0. The molecule has 0 aromatic carbocycles. The second-order valence-corrected chi connectivity index (χ2v) is 4.97. The van der Waals surface area contributed by atoms with Gasteiger partial charge in [-0.2, -0.15) is 11.8 Å². The van der Waals surface area contributed by atoms with E-state index in [0.717, 1.165) is 13.0 Å². The smallest absolute Gasteiger partial charge is 0.0935 e. The second kappa shape index (κ2) is 7.83. The Bertz CT molecular complexity index is 228. The lowest BCUT2D eigenvalue weighted by Gasteiger charge is -2.16. The van der Waals surface area contributed by atoms with Crippen molar-refractivity contribution in [1.82, 2.24) is 5.32 Å². The van der Waals surface area contributed by atoms with E-state index in [9.17, 15) is 0 Å². The van der Waals surface area contributed by atoms with Crippen molar-refractivity contribution in [2.24, 2.45) is 0 Å². The van der Waals surface area contributed by atoms with Crippen LogP contribution in [0.2, 0.25) is 0 Å². The normalized spacial score (nSPS) is 12.9. The Balaban J connectivity index is 2.33. The average Bonchev–Trinajstić information content (AvgIpc) is 2.74. The van der Waals surface area contributed by atoms with Gasteiger partial charge in [-0.15, -0.1) is 0 Å². The molecule has 0 aliphatic rings. The van der Waals surface area contributed by atoms with Gasteiger partial charge in [0, 0.05) is 11.8 Å². The number of hydrogen-bond donors (Lipinski definition) is 1. The number of furan rings is 1. The van der Waals surface area contributed by atoms with E-state index in [1.165, 1.54) is 23.5 Å². The third-order valence-electron chi connectivity index (χ3n) is 2.27. The van der Waals surface area contributed by atoms with Gasteiger partial charge in [-0.25, -0.2) is 0 Å². The van der Waals surface area contributed by atoms with Gasteiger partial charge in [0.15, 0.2) is 0 Å². The molecular formula is C12H21NOS. The Morgan fingerprint density at radius 1 is 1.47 bits per heavy atom. The van der Waals surface area contributed by atoms with Crippen molar-refractivity contribution in [2.45, 2.75) is 32.7 Å². The topological polar surface area (TPSA) is 25.2 Å². The lowest BCUT2D eigenvalue weighted by molar-refractivity contribution is 0.536. The Labute approximate surface area is 96.8 Å². The van der Waals surface area contributed by atoms with E-state index < -0.39 is 0 Å². The molecule has 1 N–H and O–H groups in total. The van der Waals surface area contributed by atoms with Crippen LogP contribution >= 0.6 is 11.8 Å². The molecule has 0 saturated carbocycles. The molecule has 0 radical (unpaired) electrons. The zero-order valence-electron chi connectivity index (χ0n) is 9.66. The summed E-state index contributed by atoms with van der Waals surface area (Å²) < 4.78 is 5.09. The summed E-state index contributed by atoms with van der Waals surface area (Å²) in [5, 5.41) is 3.58. The molecule has 0 saturated heterocycles. The molecule has 0 aliphatic heterocycles. The number of rotatable bonds is 8. The third kappa shape index (κ3) is 5.28. The van der Waals surface area contributed by atoms with Gasteiger partial charge in [0.05, 0.1) is 12.5 Å². The fraction of sp³-hybridized carbons (Fsp3) is 0.667. The first kappa shape index (κ1) is 12.7. The van der Waals surface area contributed by atoms with Gasteiger partial charge in [-0.3, -0.25) is 0 Å². The molecule has 1 atom stereocenters. The minimum absolute atomic E-state index is 0.576. The number of hydrogen-bond acceptors (Lipinski definition) is 3. The molecule has 0 aliphatic carbocycles. The SMILES string of the molecule is CCCNC(CSCC)Cc1ccoc1. The molecule has 1 aromatic rings. The van der Waals surface area contributed by atoms with Gasteiger partial charge in [-0.1, -0.05) is 13.8 Å². The Hall–Kier alpha value is -0.410. The molecule has 0 bridgehead atoms. The van der Waals surface area contributed by atoms with E-state index in [4.69, 9.17) is 4.42 Å². The summed E-state index contributed by atoms with van der Waals surface area (Å²) >= 11 is 2.00. The molecule has 1 heterocycles. The second-order valence-electron chi connectivity index (χ2n) is 3.65. The zero-order chi connectivity index (χ0) is 10.9. The quantitative estimate of drug-likeness (QED) is 0.739. The fourth-order valence-corrected chi connectivity index (χ4v) is 2.25. The lowest BCUT2D eigenvalue weighted by atomic mass is 10.1. The van der Waals surface area contributed by atoms with Crippen molar-refractivity contribution in [1.29, 1.82) is 0 Å². The van der Waals surface area contributed by atoms with Crippen LogP contribution in [0, 0.1) is 0 Å². The van der Waals surface area contributed by atoms with Crippen LogP contribution in [0.1, 0.15) is 25.8 Å². The average molecular weight is 227 g/mol. The molecular weight excluding hydrogens is 206 g/mol. The highest BCUT2D eigenvalue weighted by atomic mass is 32.2. The third-order valence-corrected chi connectivity index (χ3v) is 3.31. The molecule has 0 spiro atoms. The van der Waals surface area contributed by atoms with Crippen LogP contribution in [0.3, 0.4) is 0 Å². The largest absolute Gasteiger partial charge is 0.472 e. The van der Waals surface area contributed by atoms with Gasteiger partial charge in [0.25, 0.3) is 0 Å². The summed E-state index contributed by atoms with van der Waals surface area (Å²) in [4.78, 5) is 0. The van der Waals surface area contributed by atoms with Gasteiger partial charge in [-0.05, 0) is 36.8 Å². The minimum Gasteiger partial charge on any atom is -0.472 e. The van der Waals surface area contributed by atoms with Crippen LogP contribution in [0.15, 0.2) is 23.0 Å². The predicted octanol–water partition coefficient (Wildman–Crippen LogP) is 2.94. The van der Waals surface area contributed by atoms with Crippen molar-refractivity contribution in [3.63, 3.8) is 0 Å². The number of thioether (sulfide) groups is 1. The first-order chi connectivity index (χ1) is 7.36. The number of nitrogens with one attached hydrogen (secondary N) is 1. The van der Waals surface area contributed by atoms with Gasteiger partial charge in [0.2, 0.25) is 0 Å². The van der Waals surface area contributed by atoms with E-state index in [1.807, 2.05) is 18.0 Å². The molecule has 1 unspecified atom stereocenters. The van der Waals surface area contributed by atoms with Crippen molar-refractivity contribution in [3.8, 4) is 0 Å². The minimum atomic E-state index is 0.576. The van der Waals surface area contributed by atoms with Crippen LogP contribution in [0.4, 0.5) is 0 Å². The van der Waals surface area contributed by atoms with Crippen LogP contribution in [-0.2, 0) is 6.42 Å². The van der Waals surface area contributed by atoms with Crippen molar-refractivity contribution in [2.75, 3.05) is 18.1 Å². The maximum absolute atomic E-state index is 5.09. The predicted molar refractivity (Wildman–Crippen MR) is 67.5 cm³/mol. The maximum Gasteiger partial charge on any atom is 0.0935 e. The van der Waals surface area contributed by atoms with Gasteiger partial charge in [0.1, 0.15) is 0 Å². The summed E-state index contributed by atoms with van der Waals surface area (Å²) in [5.74, 6) is 2.37. The fourth-order valence-electron chi connectivity index (χ4n) is 1.49. The lowest BCUT2D eigenvalue weighted by Crippen LogP contribution is -2.34. The molecule has 3 heteroatoms. The van der Waals surface area contributed by atoms with E-state index in [2.05, 4.69) is 25.2 Å². The van der Waals surface area contributed by atoms with Crippen molar-refractivity contribution >= 4 is 11.8 Å². The molecule has 0 amide bonds. The summed E-state index contributed by atoms with van der Waals surface area (Å²) in [6.45, 7) is 5.51. The molecule has 0 fully saturated rings. The van der Waals surface area contributed by atoms with Crippen LogP contribution < -0.4 is 5.32 Å². The standard InChI is InChI=1S/C12H21NOS/c1-3-6-13-12(10-15-4-2)8-11-5-7-14-9-11/h5,7,9,12-13H,3-4,6,8,10H2,1-2H3. The van der Waals surface area contributed by atoms with Crippen LogP contribution in [-0.4, -0.2) is 24.1 Å². The van der Waals surface area contributed by atoms with E-state index >= 15 is 0 Å². The summed E-state index contributed by atoms with van der Waals surface area (Å²) in [6.07, 6.45) is 5.86. The van der Waals surface area contributed by atoms with Crippen molar-refractivity contribution in [3.05, 3.63) is 24.2 Å². The monoisotopic (exact) mass is 227 g/mol. The highest BCUT2D eigenvalue weighted by molar-refractivity contribution is 7.99. The highest BCUT2D eigenvalue weighted by Crippen LogP contribution is 2.09. The molecule has 1 rings (SSSR count). The molecule has 2 nitrogen and oxygen atoms in total. The van der Waals surface area contributed by atoms with Crippen LogP contribution in [0.25, 0.3) is 0 Å². The maximum atomic E-state index is 5.09. The summed E-state index contributed by atoms with van der Waals surface area (Å²) in [5.41, 5.74) is 1.29. The Kier molecular flexibility index (Phi) is 6.60. The Morgan fingerprint density at radius 3 is 2.93 bits per heavy atom. The van der Waals surface area contributed by atoms with Gasteiger partial charge < -0.3 is 9.73 Å². The summed E-state index contributed by atoms with van der Waals surface area (Å²) in [6, 6.07) is 2.63. The zero-order valence-corrected chi connectivity index (χ0v) is 10.5. The van der Waals surface area contributed by atoms with Crippen molar-refractivity contribution < 1.29 is 4.42 Å². The first-order valence-corrected chi connectivity index (χ1v) is 6.84. The molecule has 1 aromatic heterocycles. The molecule has 15 heavy (non-hydrogen) atoms. The van der Waals surface area contributed by atoms with Crippen LogP contribution in [0.5, 0.6) is 0 Å². The van der Waals surface area contributed by atoms with E-state index in [1.54, 1.807) is 6.26 Å². The van der Waals surface area contributed by atoms with Gasteiger partial charge >= 0.3 is 0 Å². The molecule has 86 valence electrons.